The number of ether oxygens (including phenoxy) is 1. The number of Topliss-reactive ketones (excluding diaryl/α,β-unsaturated/α-hetero) is 1. The largest absolute Gasteiger partial charge is 0.462 e. The van der Waals surface area contributed by atoms with E-state index < -0.39 is 22.0 Å². The van der Waals surface area contributed by atoms with Crippen LogP contribution in [0.2, 0.25) is 0 Å². The first-order valence-corrected chi connectivity index (χ1v) is 10.4. The van der Waals surface area contributed by atoms with Crippen LogP contribution in [0, 0.1) is 0 Å². The highest BCUT2D eigenvalue weighted by Crippen LogP contribution is 2.14. The number of nitrogens with one attached hydrogen (secondary N) is 1. The average Bonchev–Trinajstić information content (AvgIpc) is 2.50. The van der Waals surface area contributed by atoms with Crippen molar-refractivity contribution in [2.24, 2.45) is 0 Å². The van der Waals surface area contributed by atoms with Gasteiger partial charge in [-0.3, -0.25) is 9.59 Å². The Morgan fingerprint density at radius 2 is 1.79 bits per heavy atom. The maximum atomic E-state index is 12.5. The summed E-state index contributed by atoms with van der Waals surface area (Å²) in [7, 11) is -3.88. The fourth-order valence-corrected chi connectivity index (χ4v) is 3.59. The summed E-state index contributed by atoms with van der Waals surface area (Å²) in [6.07, 6.45) is 1.88. The van der Waals surface area contributed by atoms with Crippen molar-refractivity contribution in [3.05, 3.63) is 29.8 Å². The van der Waals surface area contributed by atoms with E-state index in [1.807, 2.05) is 6.26 Å². The summed E-state index contributed by atoms with van der Waals surface area (Å²) in [4.78, 5) is 23.4. The number of sulfonamides is 1. The van der Waals surface area contributed by atoms with Crippen LogP contribution in [0.1, 0.15) is 37.6 Å². The minimum absolute atomic E-state index is 0.000927. The van der Waals surface area contributed by atoms with Crippen molar-refractivity contribution < 1.29 is 22.7 Å². The molecule has 0 saturated heterocycles. The lowest BCUT2D eigenvalue weighted by Crippen LogP contribution is -2.42. The van der Waals surface area contributed by atoms with Crippen LogP contribution < -0.4 is 4.72 Å². The van der Waals surface area contributed by atoms with E-state index in [0.717, 1.165) is 0 Å². The number of ketones is 1. The molecule has 0 radical (unpaired) electrons. The topological polar surface area (TPSA) is 89.5 Å². The predicted molar refractivity (Wildman–Crippen MR) is 94.8 cm³/mol. The van der Waals surface area contributed by atoms with Crippen molar-refractivity contribution in [2.75, 3.05) is 12.0 Å². The van der Waals surface area contributed by atoms with Crippen molar-refractivity contribution >= 4 is 33.5 Å². The maximum absolute atomic E-state index is 12.5. The summed E-state index contributed by atoms with van der Waals surface area (Å²) in [5, 5.41) is 0. The highest BCUT2D eigenvalue weighted by molar-refractivity contribution is 7.98. The lowest BCUT2D eigenvalue weighted by molar-refractivity contribution is -0.149. The van der Waals surface area contributed by atoms with Gasteiger partial charge >= 0.3 is 5.97 Å². The highest BCUT2D eigenvalue weighted by atomic mass is 32.2. The van der Waals surface area contributed by atoms with Crippen LogP contribution >= 0.6 is 11.8 Å². The fraction of sp³-hybridized carbons (Fsp3) is 0.500. The van der Waals surface area contributed by atoms with Crippen molar-refractivity contribution in [2.45, 2.75) is 44.2 Å². The van der Waals surface area contributed by atoms with Crippen molar-refractivity contribution in [3.8, 4) is 0 Å². The second-order valence-corrected chi connectivity index (χ2v) is 8.22. The summed E-state index contributed by atoms with van der Waals surface area (Å²) in [5.41, 5.74) is 0.423. The van der Waals surface area contributed by atoms with Crippen LogP contribution in [0.5, 0.6) is 0 Å². The number of rotatable bonds is 9. The highest BCUT2D eigenvalue weighted by Gasteiger charge is 2.27. The Morgan fingerprint density at radius 3 is 2.25 bits per heavy atom. The molecular weight excluding hydrogens is 350 g/mol. The molecule has 134 valence electrons. The van der Waals surface area contributed by atoms with Crippen LogP contribution in [-0.2, 0) is 19.6 Å². The van der Waals surface area contributed by atoms with E-state index in [2.05, 4.69) is 4.72 Å². The second-order valence-electron chi connectivity index (χ2n) is 5.52. The molecular formula is C16H23NO5S2. The van der Waals surface area contributed by atoms with Crippen molar-refractivity contribution in [1.82, 2.24) is 4.72 Å². The standard InChI is InChI=1S/C16H23NO5S2/c1-11(2)22-16(19)15(9-10-23-4)17-24(20,21)14-7-5-13(6-8-14)12(3)18/h5-8,11,15,17H,9-10H2,1-4H3/t15-/m0/s1. The molecule has 0 aromatic heterocycles. The van der Waals surface area contributed by atoms with Gasteiger partial charge in [0.25, 0.3) is 0 Å². The molecule has 1 N–H and O–H groups in total. The summed E-state index contributed by atoms with van der Waals surface area (Å²) < 4.78 is 32.5. The van der Waals surface area contributed by atoms with E-state index in [1.54, 1.807) is 13.8 Å². The minimum atomic E-state index is -3.88. The van der Waals surface area contributed by atoms with E-state index in [1.165, 1.54) is 43.0 Å². The number of carbonyl (C=O) groups excluding carboxylic acids is 2. The molecule has 0 amide bonds. The zero-order valence-corrected chi connectivity index (χ0v) is 15.9. The van der Waals surface area contributed by atoms with Crippen LogP contribution in [0.4, 0.5) is 0 Å². The van der Waals surface area contributed by atoms with Gasteiger partial charge in [0.15, 0.2) is 5.78 Å². The average molecular weight is 373 g/mol. The first-order chi connectivity index (χ1) is 11.2. The van der Waals surface area contributed by atoms with Gasteiger partial charge < -0.3 is 4.74 Å². The lowest BCUT2D eigenvalue weighted by Gasteiger charge is -2.19. The van der Waals surface area contributed by atoms with Gasteiger partial charge in [-0.2, -0.15) is 16.5 Å². The fourth-order valence-electron chi connectivity index (χ4n) is 1.90. The van der Waals surface area contributed by atoms with E-state index in [-0.39, 0.29) is 16.8 Å². The number of carbonyl (C=O) groups is 2. The third-order valence-corrected chi connectivity index (χ3v) is 5.25. The first kappa shape index (κ1) is 20.7. The zero-order chi connectivity index (χ0) is 18.3. The van der Waals surface area contributed by atoms with E-state index in [0.29, 0.717) is 17.7 Å². The van der Waals surface area contributed by atoms with Gasteiger partial charge in [-0.25, -0.2) is 8.42 Å². The molecule has 0 fully saturated rings. The predicted octanol–water partition coefficient (Wildman–Crippen LogP) is 2.24. The van der Waals surface area contributed by atoms with Gasteiger partial charge in [0.2, 0.25) is 10.0 Å². The normalized spacial score (nSPS) is 12.9. The molecule has 24 heavy (non-hydrogen) atoms. The molecule has 0 heterocycles. The third-order valence-electron chi connectivity index (χ3n) is 3.12. The van der Waals surface area contributed by atoms with Crippen LogP contribution in [0.3, 0.4) is 0 Å². The smallest absolute Gasteiger partial charge is 0.324 e. The summed E-state index contributed by atoms with van der Waals surface area (Å²) in [6.45, 7) is 4.82. The minimum Gasteiger partial charge on any atom is -0.462 e. The van der Waals surface area contributed by atoms with E-state index in [9.17, 15) is 18.0 Å². The number of thioether (sulfide) groups is 1. The Morgan fingerprint density at radius 1 is 1.21 bits per heavy atom. The van der Waals surface area contributed by atoms with Gasteiger partial charge in [0.1, 0.15) is 6.04 Å². The second kappa shape index (κ2) is 9.19. The summed E-state index contributed by atoms with van der Waals surface area (Å²) >= 11 is 1.51. The number of hydrogen-bond acceptors (Lipinski definition) is 6. The molecule has 6 nitrogen and oxygen atoms in total. The van der Waals surface area contributed by atoms with Gasteiger partial charge in [-0.15, -0.1) is 0 Å². The van der Waals surface area contributed by atoms with E-state index in [4.69, 9.17) is 4.74 Å². The molecule has 0 saturated carbocycles. The Bertz CT molecular complexity index is 668. The molecule has 0 aliphatic carbocycles. The molecule has 1 aromatic carbocycles. The van der Waals surface area contributed by atoms with Crippen LogP contribution in [-0.4, -0.2) is 44.3 Å². The van der Waals surface area contributed by atoms with Crippen molar-refractivity contribution in [1.29, 1.82) is 0 Å². The maximum Gasteiger partial charge on any atom is 0.324 e. The Kier molecular flexibility index (Phi) is 7.92. The zero-order valence-electron chi connectivity index (χ0n) is 14.2. The summed E-state index contributed by atoms with van der Waals surface area (Å²) in [6, 6.07) is 4.63. The number of benzene rings is 1. The molecule has 1 aromatic rings. The lowest BCUT2D eigenvalue weighted by atomic mass is 10.2. The monoisotopic (exact) mass is 373 g/mol. The molecule has 8 heteroatoms. The van der Waals surface area contributed by atoms with Gasteiger partial charge in [-0.05, 0) is 51.3 Å². The van der Waals surface area contributed by atoms with Crippen LogP contribution in [0.15, 0.2) is 29.2 Å². The quantitative estimate of drug-likeness (QED) is 0.527. The Balaban J connectivity index is 2.96. The van der Waals surface area contributed by atoms with Gasteiger partial charge in [0.05, 0.1) is 11.0 Å². The van der Waals surface area contributed by atoms with Crippen LogP contribution in [0.25, 0.3) is 0 Å². The SMILES string of the molecule is CSCC[C@H](NS(=O)(=O)c1ccc(C(C)=O)cc1)C(=O)OC(C)C. The Labute approximate surface area is 147 Å². The first-order valence-electron chi connectivity index (χ1n) is 7.50. The number of esters is 1. The van der Waals surface area contributed by atoms with Gasteiger partial charge in [-0.1, -0.05) is 12.1 Å². The Hall–Kier alpha value is -1.38. The molecule has 0 bridgehead atoms. The molecule has 0 aliphatic heterocycles. The molecule has 0 unspecified atom stereocenters. The number of hydrogen-bond donors (Lipinski definition) is 1. The molecule has 1 rings (SSSR count). The summed E-state index contributed by atoms with van der Waals surface area (Å²) in [5.74, 6) is -0.128. The third kappa shape index (κ3) is 6.26. The molecule has 1 atom stereocenters. The van der Waals surface area contributed by atoms with Crippen molar-refractivity contribution in [3.63, 3.8) is 0 Å². The molecule has 0 aliphatic rings. The molecule has 0 spiro atoms. The van der Waals surface area contributed by atoms with Gasteiger partial charge in [0, 0.05) is 5.56 Å². The van der Waals surface area contributed by atoms with E-state index >= 15 is 0 Å².